The summed E-state index contributed by atoms with van der Waals surface area (Å²) in [6.07, 6.45) is -0.648. The Morgan fingerprint density at radius 2 is 0.699 bits per heavy atom. The number of hydrogen-bond donors (Lipinski definition) is 8. The predicted molar refractivity (Wildman–Crippen MR) is 509 cm³/mol. The molecule has 52 nitrogen and oxygen atoms in total. The zero-order valence-corrected chi connectivity index (χ0v) is 82.7. The lowest BCUT2D eigenvalue weighted by atomic mass is 10.2. The summed E-state index contributed by atoms with van der Waals surface area (Å²) in [5.74, 6) is -0.331. The fourth-order valence-electron chi connectivity index (χ4n) is 11.5. The van der Waals surface area contributed by atoms with E-state index in [1.54, 1.807) is 131 Å². The van der Waals surface area contributed by atoms with Crippen LogP contribution in [-0.2, 0) is 159 Å². The lowest BCUT2D eigenvalue weighted by molar-refractivity contribution is -0.0167. The minimum Gasteiger partial charge on any atom is -0.438 e. The van der Waals surface area contributed by atoms with Crippen molar-refractivity contribution in [2.24, 2.45) is 5.92 Å². The number of halogens is 4. The van der Waals surface area contributed by atoms with Crippen molar-refractivity contribution in [1.82, 2.24) is 78.1 Å². The van der Waals surface area contributed by atoms with Gasteiger partial charge in [-0.1, -0.05) is 115 Å². The van der Waals surface area contributed by atoms with Gasteiger partial charge in [-0.15, -0.1) is 0 Å². The van der Waals surface area contributed by atoms with Crippen LogP contribution in [0.15, 0.2) is 166 Å². The Morgan fingerprint density at radius 3 is 1.00 bits per heavy atom. The Morgan fingerprint density at radius 1 is 0.399 bits per heavy atom. The topological polar surface area (TPSA) is 680 Å². The molecule has 0 amide bonds. The SMILES string of the molecule is CC(C)COC(=O)OCOP(=O)(COCCn1cnc2c(=O)[nH]c(N)nc21)OCc1cccc(Cl)c1.CC(C)OC(=O)OCOP(=O)(COCCn1cnc2c(=O)[nH]c(N)nc21)OCc1cccc(Cl)c1.COC(=O)OCOP(=O)(COCCn1cnc2c(=O)[nH]c(N)nc21)OCc1cccc(Cl)c1.Cc1ccc(OC(=O)OCOP(=O)(COCCn2cnc3c(=O)[nH]c(N)nc32)OCc2cccc(F)c2)cc1. The molecule has 4 atom stereocenters. The molecule has 0 radical (unpaired) electrons. The van der Waals surface area contributed by atoms with Crippen LogP contribution in [0.25, 0.3) is 44.7 Å². The van der Waals surface area contributed by atoms with Crippen molar-refractivity contribution < 1.29 is 135 Å². The fourth-order valence-corrected chi connectivity index (χ4v) is 16.6. The maximum absolute atomic E-state index is 13.5. The van der Waals surface area contributed by atoms with Crippen LogP contribution in [0.2, 0.25) is 15.1 Å². The van der Waals surface area contributed by atoms with Crippen LogP contribution in [0.3, 0.4) is 0 Å². The summed E-state index contributed by atoms with van der Waals surface area (Å²) in [6, 6.07) is 32.5. The van der Waals surface area contributed by atoms with Crippen molar-refractivity contribution in [3.05, 3.63) is 237 Å². The van der Waals surface area contributed by atoms with E-state index in [2.05, 4.69) is 69.3 Å². The lowest BCUT2D eigenvalue weighted by Crippen LogP contribution is -2.16. The number of hydrogen-bond acceptors (Lipinski definition) is 44. The van der Waals surface area contributed by atoms with E-state index < -0.39 is 142 Å². The molecule has 0 spiro atoms. The molecule has 0 aliphatic rings. The highest BCUT2D eigenvalue weighted by atomic mass is 35.5. The molecular formula is C83H98Cl3FN20O32P4. The van der Waals surface area contributed by atoms with Crippen molar-refractivity contribution in [2.75, 3.05) is 116 Å². The number of nitrogens with one attached hydrogen (secondary N) is 4. The molecule has 0 aliphatic heterocycles. The zero-order chi connectivity index (χ0) is 103. The average molecular weight is 2140 g/mol. The maximum atomic E-state index is 13.5. The molecule has 13 aromatic rings. The number of benzene rings is 5. The molecular weight excluding hydrogens is 2040 g/mol. The highest BCUT2D eigenvalue weighted by Gasteiger charge is 2.32. The molecule has 0 fully saturated rings. The Bertz CT molecular complexity index is 6920. The number of anilines is 4. The summed E-state index contributed by atoms with van der Waals surface area (Å²) in [5.41, 5.74) is 25.4. The van der Waals surface area contributed by atoms with Crippen molar-refractivity contribution >= 4 is 158 Å². The minimum atomic E-state index is -4.01. The van der Waals surface area contributed by atoms with E-state index in [0.29, 0.717) is 37.3 Å². The first-order valence-electron chi connectivity index (χ1n) is 42.2. The second-order valence-electron chi connectivity index (χ2n) is 30.0. The largest absolute Gasteiger partial charge is 0.515 e. The van der Waals surface area contributed by atoms with Gasteiger partial charge < -0.3 is 116 Å². The van der Waals surface area contributed by atoms with E-state index >= 15 is 0 Å². The van der Waals surface area contributed by atoms with Crippen LogP contribution in [0, 0.1) is 18.7 Å². The monoisotopic (exact) mass is 2130 g/mol. The average Bonchev–Trinajstić information content (AvgIpc) is 1.67. The Labute approximate surface area is 824 Å². The first-order valence-corrected chi connectivity index (χ1v) is 50.2. The normalized spacial score (nSPS) is 13.0. The molecule has 0 aliphatic carbocycles. The Hall–Kier alpha value is -13.0. The molecule has 8 aromatic heterocycles. The van der Waals surface area contributed by atoms with Gasteiger partial charge in [-0.2, -0.15) is 19.9 Å². The number of ether oxygens (including phenoxy) is 12. The van der Waals surface area contributed by atoms with Crippen molar-refractivity contribution in [1.29, 1.82) is 0 Å². The van der Waals surface area contributed by atoms with E-state index in [0.717, 1.165) is 12.7 Å². The van der Waals surface area contributed by atoms with Gasteiger partial charge in [0.2, 0.25) is 51.0 Å². The third-order valence-electron chi connectivity index (χ3n) is 18.1. The zero-order valence-electron chi connectivity index (χ0n) is 76.9. The van der Waals surface area contributed by atoms with Crippen LogP contribution in [0.4, 0.5) is 47.4 Å². The molecule has 143 heavy (non-hydrogen) atoms. The quantitative estimate of drug-likeness (QED) is 0.00438. The number of nitrogen functional groups attached to an aromatic ring is 4. The van der Waals surface area contributed by atoms with Crippen molar-refractivity contribution in [2.45, 2.75) is 93.3 Å². The number of methoxy groups -OCH3 is 1. The van der Waals surface area contributed by atoms with Gasteiger partial charge >= 0.3 is 55.0 Å². The highest BCUT2D eigenvalue weighted by molar-refractivity contribution is 7.54. The number of carbonyl (C=O) groups excluding carboxylic acids is 4. The van der Waals surface area contributed by atoms with Crippen LogP contribution in [0.5, 0.6) is 5.75 Å². The first kappa shape index (κ1) is 112. The number of aromatic amines is 4. The fraction of sp³-hybridized carbons (Fsp3) is 0.349. The molecule has 13 rings (SSSR count). The van der Waals surface area contributed by atoms with Crippen molar-refractivity contribution in [3.63, 3.8) is 0 Å². The van der Waals surface area contributed by atoms with E-state index in [9.17, 15) is 61.0 Å². The number of nitrogens with two attached hydrogens (primary N) is 4. The molecule has 12 N–H and O–H groups in total. The minimum absolute atomic E-state index is 0.00710. The van der Waals surface area contributed by atoms with E-state index in [-0.39, 0.29) is 166 Å². The third-order valence-corrected chi connectivity index (χ3v) is 24.9. The van der Waals surface area contributed by atoms with Gasteiger partial charge in [-0.3, -0.25) is 75.5 Å². The van der Waals surface area contributed by atoms with Gasteiger partial charge in [0.1, 0.15) is 37.0 Å². The van der Waals surface area contributed by atoms with Crippen LogP contribution in [-0.4, -0.2) is 202 Å². The summed E-state index contributed by atoms with van der Waals surface area (Å²) in [5, 5.41) is 1.45. The summed E-state index contributed by atoms with van der Waals surface area (Å²) in [4.78, 5) is 136. The van der Waals surface area contributed by atoms with Gasteiger partial charge in [0.05, 0.1) is 98.0 Å². The third kappa shape index (κ3) is 37.4. The molecule has 770 valence electrons. The van der Waals surface area contributed by atoms with Crippen LogP contribution < -0.4 is 49.9 Å². The van der Waals surface area contributed by atoms with E-state index in [1.165, 1.54) is 48.1 Å². The number of carbonyl (C=O) groups is 4. The number of H-pyrrole nitrogens is 4. The second-order valence-corrected chi connectivity index (χ2v) is 39.3. The van der Waals surface area contributed by atoms with E-state index in [1.807, 2.05) is 20.8 Å². The van der Waals surface area contributed by atoms with Gasteiger partial charge in [0.25, 0.3) is 22.2 Å². The maximum Gasteiger partial charge on any atom is 0.515 e. The molecule has 0 saturated heterocycles. The number of imidazole rings is 4. The van der Waals surface area contributed by atoms with Crippen molar-refractivity contribution in [3.8, 4) is 5.75 Å². The van der Waals surface area contributed by atoms with Gasteiger partial charge in [-0.05, 0) is 110 Å². The van der Waals surface area contributed by atoms with Crippen LogP contribution >= 0.6 is 65.2 Å². The second kappa shape index (κ2) is 55.0. The van der Waals surface area contributed by atoms with Crippen LogP contribution in [0.1, 0.15) is 55.5 Å². The smallest absolute Gasteiger partial charge is 0.438 e. The molecule has 0 saturated carbocycles. The molecule has 4 unspecified atom stereocenters. The van der Waals surface area contributed by atoms with Gasteiger partial charge in [0.15, 0.2) is 44.7 Å². The summed E-state index contributed by atoms with van der Waals surface area (Å²) < 4.78 is 176. The molecule has 0 bridgehead atoms. The van der Waals surface area contributed by atoms with E-state index in [4.69, 9.17) is 141 Å². The number of rotatable bonds is 48. The number of nitrogens with zero attached hydrogens (tertiary/aromatic N) is 12. The Kier molecular flexibility index (Phi) is 43.1. The summed E-state index contributed by atoms with van der Waals surface area (Å²) in [6.45, 7) is 6.79. The molecule has 5 aromatic carbocycles. The van der Waals surface area contributed by atoms with Gasteiger partial charge in [-0.25, -0.2) is 43.5 Å². The molecule has 8 heterocycles. The number of aryl methyl sites for hydroxylation is 1. The molecule has 60 heteroatoms. The summed E-state index contributed by atoms with van der Waals surface area (Å²) >= 11 is 17.9. The highest BCUT2D eigenvalue weighted by Crippen LogP contribution is 2.52. The summed E-state index contributed by atoms with van der Waals surface area (Å²) in [7, 11) is -14.5. The van der Waals surface area contributed by atoms with Gasteiger partial charge in [0, 0.05) is 41.2 Å². The standard InChI is InChI=1S/C24H25FN5O8P.C21H27ClN5O8P.C20H25ClN5O8P.C18H21ClN5O8P/c1-16-5-7-19(8-6-16)38-24(32)35-14-37-39(33,36-12-17-3-2-4-18(25)11-17)15-34-10-9-30-13-27-20-21(30)28-23(26)29-22(20)31;1-14(2)9-32-21(29)33-12-35-36(30,34-10-15-4-3-5-16(22)8-15)13-31-7-6-27-11-24-17-18(27)25-20(23)26-19(17)28;1-13(2)34-20(28)31-11-33-35(29,32-9-14-4-3-5-15(21)8-14)12-30-7-6-26-10-23-16-17(26)24-19(22)25-18(16)27;1-28-18(26)30-10-32-33(27,31-8-12-3-2-4-13(19)7-12)11-29-6-5-24-9-21-14-15(24)22-17(20)23-16(14)25/h2-8,11,13H,9-10,12,14-15H2,1H3,(H3,26,28,29,31);3-5,8,11,14H,6-7,9-10,12-13H2,1-2H3,(H3,23,25,26,28);3-5,8,10,13H,6-7,9,11-12H2,1-2H3,(H3,22,24,25,27);2-4,7,9H,5-6,8,10-11H2,1H3,(H3,20,22,23,25). The first-order chi connectivity index (χ1) is 68.3. The number of aromatic nitrogens is 16. The number of fused-ring (bicyclic) bond motifs is 4. The Balaban J connectivity index is 0.000000196. The predicted octanol–water partition coefficient (Wildman–Crippen LogP) is 13.0. The lowest BCUT2D eigenvalue weighted by Gasteiger charge is -2.19.